The summed E-state index contributed by atoms with van der Waals surface area (Å²) >= 11 is 0. The van der Waals surface area contributed by atoms with Crippen LogP contribution < -0.4 is 10.9 Å². The molecule has 0 saturated heterocycles. The molecule has 1 heterocycles. The Morgan fingerprint density at radius 1 is 1.00 bits per heavy atom. The number of nitrogens with one attached hydrogen (secondary N) is 1. The van der Waals surface area contributed by atoms with Gasteiger partial charge >= 0.3 is 11.6 Å². The first-order valence-corrected chi connectivity index (χ1v) is 10.9. The Morgan fingerprint density at radius 3 is 2.44 bits per heavy atom. The largest absolute Gasteiger partial charge is 0.469 e. The van der Waals surface area contributed by atoms with Crippen molar-refractivity contribution in [1.82, 2.24) is 5.32 Å². The zero-order valence-electron chi connectivity index (χ0n) is 18.4. The second-order valence-corrected chi connectivity index (χ2v) is 8.41. The average molecular weight is 434 g/mol. The fourth-order valence-corrected chi connectivity index (χ4v) is 4.51. The summed E-state index contributed by atoms with van der Waals surface area (Å²) in [5.41, 5.74) is 3.87. The van der Waals surface area contributed by atoms with E-state index in [9.17, 15) is 14.4 Å². The van der Waals surface area contributed by atoms with Gasteiger partial charge in [0.2, 0.25) is 5.91 Å². The van der Waals surface area contributed by atoms with Gasteiger partial charge in [0.25, 0.3) is 0 Å². The van der Waals surface area contributed by atoms with Crippen molar-refractivity contribution in [2.75, 3.05) is 7.11 Å². The number of hydrogen-bond donors (Lipinski definition) is 1. The van der Waals surface area contributed by atoms with Crippen LogP contribution in [0.1, 0.15) is 36.8 Å². The predicted molar refractivity (Wildman–Crippen MR) is 122 cm³/mol. The Kier molecular flexibility index (Phi) is 6.40. The third-order valence-corrected chi connectivity index (χ3v) is 6.34. The van der Waals surface area contributed by atoms with E-state index in [2.05, 4.69) is 5.32 Å². The van der Waals surface area contributed by atoms with Gasteiger partial charge < -0.3 is 14.5 Å². The maximum atomic E-state index is 12.6. The van der Waals surface area contributed by atoms with Gasteiger partial charge in [-0.3, -0.25) is 9.59 Å². The normalized spacial score (nSPS) is 18.3. The van der Waals surface area contributed by atoms with Crippen LogP contribution in [-0.2, 0) is 20.9 Å². The van der Waals surface area contributed by atoms with Crippen molar-refractivity contribution in [3.8, 4) is 11.1 Å². The first-order valence-electron chi connectivity index (χ1n) is 10.9. The molecule has 1 aliphatic carbocycles. The Hall–Kier alpha value is -3.41. The molecule has 6 heteroatoms. The van der Waals surface area contributed by atoms with Crippen LogP contribution in [0, 0.1) is 18.8 Å². The number of amides is 1. The number of fused-ring (bicyclic) bond motifs is 1. The highest BCUT2D eigenvalue weighted by Gasteiger charge is 2.30. The van der Waals surface area contributed by atoms with Crippen LogP contribution >= 0.6 is 0 Å². The van der Waals surface area contributed by atoms with Crippen LogP contribution in [0.3, 0.4) is 0 Å². The lowest BCUT2D eigenvalue weighted by Crippen LogP contribution is -2.34. The van der Waals surface area contributed by atoms with E-state index in [-0.39, 0.29) is 23.7 Å². The summed E-state index contributed by atoms with van der Waals surface area (Å²) in [6.07, 6.45) is 2.71. The molecule has 1 aromatic heterocycles. The van der Waals surface area contributed by atoms with Crippen LogP contribution in [0.4, 0.5) is 0 Å². The molecule has 166 valence electrons. The zero-order chi connectivity index (χ0) is 22.7. The minimum atomic E-state index is -0.403. The van der Waals surface area contributed by atoms with Crippen molar-refractivity contribution < 1.29 is 18.7 Å². The predicted octanol–water partition coefficient (Wildman–Crippen LogP) is 4.36. The Labute approximate surface area is 186 Å². The summed E-state index contributed by atoms with van der Waals surface area (Å²) in [5.74, 6) is -0.396. The molecule has 0 radical (unpaired) electrons. The van der Waals surface area contributed by atoms with E-state index in [4.69, 9.17) is 9.15 Å². The van der Waals surface area contributed by atoms with E-state index in [1.807, 2.05) is 49.4 Å². The number of hydrogen-bond acceptors (Lipinski definition) is 5. The van der Waals surface area contributed by atoms with E-state index in [0.717, 1.165) is 27.6 Å². The van der Waals surface area contributed by atoms with Gasteiger partial charge in [0.05, 0.1) is 13.0 Å². The number of carbonyl (C=O) groups excluding carboxylic acids is 2. The van der Waals surface area contributed by atoms with E-state index >= 15 is 0 Å². The summed E-state index contributed by atoms with van der Waals surface area (Å²) < 4.78 is 10.3. The van der Waals surface area contributed by atoms with E-state index in [0.29, 0.717) is 37.8 Å². The highest BCUT2D eigenvalue weighted by Crippen LogP contribution is 2.31. The maximum Gasteiger partial charge on any atom is 0.336 e. The average Bonchev–Trinajstić information content (AvgIpc) is 2.81. The van der Waals surface area contributed by atoms with Crippen LogP contribution in [0.25, 0.3) is 22.1 Å². The number of aryl methyl sites for hydroxylation is 1. The van der Waals surface area contributed by atoms with Crippen LogP contribution in [0.2, 0.25) is 0 Å². The first kappa shape index (κ1) is 21.8. The Morgan fingerprint density at radius 2 is 1.72 bits per heavy atom. The third-order valence-electron chi connectivity index (χ3n) is 6.34. The number of ether oxygens (including phenoxy) is 1. The molecule has 3 aromatic rings. The lowest BCUT2D eigenvalue weighted by Gasteiger charge is -2.26. The molecule has 0 aliphatic heterocycles. The molecule has 1 fully saturated rings. The van der Waals surface area contributed by atoms with Crippen LogP contribution in [0.15, 0.2) is 57.7 Å². The van der Waals surface area contributed by atoms with Crippen molar-refractivity contribution in [1.29, 1.82) is 0 Å². The van der Waals surface area contributed by atoms with Gasteiger partial charge in [-0.2, -0.15) is 0 Å². The van der Waals surface area contributed by atoms with Gasteiger partial charge in [-0.05, 0) is 55.4 Å². The van der Waals surface area contributed by atoms with E-state index < -0.39 is 5.63 Å². The summed E-state index contributed by atoms with van der Waals surface area (Å²) in [6, 6.07) is 15.1. The number of methoxy groups -OCH3 is 1. The molecule has 6 nitrogen and oxygen atoms in total. The molecule has 1 N–H and O–H groups in total. The lowest BCUT2D eigenvalue weighted by molar-refractivity contribution is -0.147. The quantitative estimate of drug-likeness (QED) is 0.477. The van der Waals surface area contributed by atoms with Crippen molar-refractivity contribution in [2.45, 2.75) is 39.2 Å². The minimum Gasteiger partial charge on any atom is -0.469 e. The molecule has 0 bridgehead atoms. The molecular formula is C26H27NO5. The summed E-state index contributed by atoms with van der Waals surface area (Å²) in [6.45, 7) is 2.36. The molecule has 0 atom stereocenters. The first-order chi connectivity index (χ1) is 15.5. The van der Waals surface area contributed by atoms with Gasteiger partial charge in [0.15, 0.2) is 0 Å². The standard InChI is InChI=1S/C26H27NO5/c1-16-5-3-4-6-20(16)22-14-24(28)32-23-13-17(7-12-21(22)23)15-27-25(29)18-8-10-19(11-9-18)26(30)31-2/h3-7,12-14,18-19H,8-11,15H2,1-2H3,(H,27,29). The monoisotopic (exact) mass is 433 g/mol. The van der Waals surface area contributed by atoms with Crippen molar-refractivity contribution in [3.63, 3.8) is 0 Å². The Balaban J connectivity index is 1.47. The third kappa shape index (κ3) is 4.59. The summed E-state index contributed by atoms with van der Waals surface area (Å²) in [4.78, 5) is 36.5. The number of benzene rings is 2. The Bertz CT molecular complexity index is 1200. The van der Waals surface area contributed by atoms with Crippen molar-refractivity contribution in [3.05, 3.63) is 70.1 Å². The lowest BCUT2D eigenvalue weighted by atomic mass is 9.81. The number of carbonyl (C=O) groups is 2. The highest BCUT2D eigenvalue weighted by molar-refractivity contribution is 5.94. The molecule has 4 rings (SSSR count). The topological polar surface area (TPSA) is 85.6 Å². The fraction of sp³-hybridized carbons (Fsp3) is 0.346. The maximum absolute atomic E-state index is 12.6. The molecule has 0 spiro atoms. The van der Waals surface area contributed by atoms with Gasteiger partial charge in [-0.15, -0.1) is 0 Å². The van der Waals surface area contributed by atoms with Gasteiger partial charge in [-0.1, -0.05) is 36.4 Å². The molecule has 1 aliphatic rings. The van der Waals surface area contributed by atoms with Gasteiger partial charge in [-0.25, -0.2) is 4.79 Å². The molecule has 0 unspecified atom stereocenters. The van der Waals surface area contributed by atoms with Crippen molar-refractivity contribution in [2.24, 2.45) is 11.8 Å². The SMILES string of the molecule is COC(=O)C1CCC(C(=O)NCc2ccc3c(-c4ccccc4C)cc(=O)oc3c2)CC1. The molecule has 2 aromatic carbocycles. The van der Waals surface area contributed by atoms with Gasteiger partial charge in [0, 0.05) is 29.5 Å². The minimum absolute atomic E-state index is 0.0106. The second-order valence-electron chi connectivity index (χ2n) is 8.41. The molecular weight excluding hydrogens is 406 g/mol. The number of esters is 1. The summed E-state index contributed by atoms with van der Waals surface area (Å²) in [7, 11) is 1.40. The molecule has 1 amide bonds. The smallest absolute Gasteiger partial charge is 0.336 e. The molecule has 1 saturated carbocycles. The summed E-state index contributed by atoms with van der Waals surface area (Å²) in [5, 5.41) is 3.84. The fourth-order valence-electron chi connectivity index (χ4n) is 4.51. The molecule has 32 heavy (non-hydrogen) atoms. The van der Waals surface area contributed by atoms with Crippen LogP contribution in [0.5, 0.6) is 0 Å². The highest BCUT2D eigenvalue weighted by atomic mass is 16.5. The van der Waals surface area contributed by atoms with Gasteiger partial charge in [0.1, 0.15) is 5.58 Å². The van der Waals surface area contributed by atoms with E-state index in [1.165, 1.54) is 13.2 Å². The van der Waals surface area contributed by atoms with Crippen LogP contribution in [-0.4, -0.2) is 19.0 Å². The zero-order valence-corrected chi connectivity index (χ0v) is 18.4. The van der Waals surface area contributed by atoms with Crippen molar-refractivity contribution >= 4 is 22.8 Å². The number of rotatable bonds is 5. The van der Waals surface area contributed by atoms with E-state index in [1.54, 1.807) is 0 Å². The second kappa shape index (κ2) is 9.39.